The number of hydrogen-bond acceptors (Lipinski definition) is 7. The van der Waals surface area contributed by atoms with Crippen molar-refractivity contribution >= 4 is 23.5 Å². The van der Waals surface area contributed by atoms with Crippen LogP contribution in [0.4, 0.5) is 10.1 Å². The Morgan fingerprint density at radius 1 is 1.18 bits per heavy atom. The first-order valence-electron chi connectivity index (χ1n) is 12.2. The molecule has 2 aromatic carbocycles. The molecule has 12 heteroatoms. The molecule has 0 radical (unpaired) electrons. The summed E-state index contributed by atoms with van der Waals surface area (Å²) in [6, 6.07) is 9.46. The Balaban J connectivity index is 1.90. The maximum atomic E-state index is 13.5. The molecule has 0 saturated carbocycles. The van der Waals surface area contributed by atoms with Gasteiger partial charge in [-0.1, -0.05) is 12.1 Å². The van der Waals surface area contributed by atoms with Crippen molar-refractivity contribution in [2.24, 2.45) is 5.73 Å². The van der Waals surface area contributed by atoms with Gasteiger partial charge in [0.05, 0.1) is 36.1 Å². The molecular weight excluding hydrogens is 523 g/mol. The van der Waals surface area contributed by atoms with Crippen molar-refractivity contribution in [1.29, 1.82) is 0 Å². The van der Waals surface area contributed by atoms with Crippen molar-refractivity contribution in [2.45, 2.75) is 31.9 Å². The molecule has 2 atom stereocenters. The van der Waals surface area contributed by atoms with Gasteiger partial charge >= 0.3 is 5.97 Å². The first-order valence-corrected chi connectivity index (χ1v) is 12.2. The number of halogens is 1. The van der Waals surface area contributed by atoms with Gasteiger partial charge in [-0.2, -0.15) is 5.10 Å². The van der Waals surface area contributed by atoms with Crippen LogP contribution in [0.5, 0.6) is 0 Å². The standard InChI is InChI=1S/C28H27FN4O7/c1-15-9-24(32-13-23(28(38)39)21(11-25(32)35)16-3-5-17(29)6-4-16)22(10-20(15)26(30)36)19-7-8-31-33(27(19)37)12-18(34)14-40-2/h3-10,13,18,21,34H,11-12,14H2,1-2H3,(H2,30,36)(H,38,39)/t18-,21+/m1/s1. The summed E-state index contributed by atoms with van der Waals surface area (Å²) >= 11 is 0. The van der Waals surface area contributed by atoms with Crippen LogP contribution in [-0.2, 0) is 20.9 Å². The van der Waals surface area contributed by atoms with E-state index in [2.05, 4.69) is 5.10 Å². The molecule has 0 spiro atoms. The van der Waals surface area contributed by atoms with E-state index in [1.54, 1.807) is 6.92 Å². The molecule has 3 aromatic rings. The van der Waals surface area contributed by atoms with E-state index in [0.717, 1.165) is 9.58 Å². The molecule has 208 valence electrons. The third kappa shape index (κ3) is 5.67. The number of amides is 2. The lowest BCUT2D eigenvalue weighted by Crippen LogP contribution is -2.35. The highest BCUT2D eigenvalue weighted by molar-refractivity contribution is 6.06. The normalized spacial score (nSPS) is 16.0. The highest BCUT2D eigenvalue weighted by atomic mass is 19.1. The first kappa shape index (κ1) is 28.3. The van der Waals surface area contributed by atoms with Gasteiger partial charge in [0.2, 0.25) is 11.8 Å². The zero-order valence-electron chi connectivity index (χ0n) is 21.7. The Hall–Kier alpha value is -4.68. The van der Waals surface area contributed by atoms with Crippen molar-refractivity contribution < 1.29 is 33.7 Å². The molecule has 4 rings (SSSR count). The van der Waals surface area contributed by atoms with Gasteiger partial charge < -0.3 is 20.7 Å². The number of rotatable bonds is 9. The lowest BCUT2D eigenvalue weighted by molar-refractivity contribution is -0.133. The van der Waals surface area contributed by atoms with Crippen molar-refractivity contribution in [3.8, 4) is 11.1 Å². The Labute approximate surface area is 227 Å². The molecule has 0 aliphatic carbocycles. The zero-order chi connectivity index (χ0) is 29.1. The van der Waals surface area contributed by atoms with E-state index in [-0.39, 0.29) is 47.5 Å². The average molecular weight is 551 g/mol. The number of hydrogen-bond donors (Lipinski definition) is 3. The highest BCUT2D eigenvalue weighted by Gasteiger charge is 2.34. The van der Waals surface area contributed by atoms with Crippen LogP contribution in [0.25, 0.3) is 11.1 Å². The van der Waals surface area contributed by atoms with Crippen LogP contribution >= 0.6 is 0 Å². The number of anilines is 1. The molecule has 4 N–H and O–H groups in total. The molecule has 1 aliphatic heterocycles. The number of benzene rings is 2. The maximum absolute atomic E-state index is 13.5. The molecular formula is C28H27FN4O7. The second-order valence-electron chi connectivity index (χ2n) is 9.35. The maximum Gasteiger partial charge on any atom is 0.333 e. The molecule has 0 saturated heterocycles. The van der Waals surface area contributed by atoms with Crippen molar-refractivity contribution in [3.05, 3.63) is 93.3 Å². The Bertz CT molecular complexity index is 1570. The van der Waals surface area contributed by atoms with Crippen LogP contribution in [0.3, 0.4) is 0 Å². The van der Waals surface area contributed by atoms with Crippen LogP contribution in [0.15, 0.2) is 65.2 Å². The zero-order valence-corrected chi connectivity index (χ0v) is 21.7. The summed E-state index contributed by atoms with van der Waals surface area (Å²) in [6.07, 6.45) is 1.22. The fourth-order valence-corrected chi connectivity index (χ4v) is 4.69. The third-order valence-electron chi connectivity index (χ3n) is 6.62. The number of carboxylic acid groups (broad SMARTS) is 1. The van der Waals surface area contributed by atoms with E-state index in [4.69, 9.17) is 10.5 Å². The summed E-state index contributed by atoms with van der Waals surface area (Å²) in [5.41, 5.74) is 6.08. The number of ether oxygens (including phenoxy) is 1. The van der Waals surface area contributed by atoms with Crippen LogP contribution in [0.1, 0.15) is 33.8 Å². The fourth-order valence-electron chi connectivity index (χ4n) is 4.69. The number of nitrogens with zero attached hydrogens (tertiary/aromatic N) is 3. The van der Waals surface area contributed by atoms with E-state index >= 15 is 0 Å². The van der Waals surface area contributed by atoms with Gasteiger partial charge in [0.1, 0.15) is 5.82 Å². The van der Waals surface area contributed by atoms with Crippen LogP contribution in [-0.4, -0.2) is 57.6 Å². The third-order valence-corrected chi connectivity index (χ3v) is 6.62. The fraction of sp³-hybridized carbons (Fsp3) is 0.250. The number of aromatic nitrogens is 2. The number of aryl methyl sites for hydroxylation is 1. The van der Waals surface area contributed by atoms with E-state index in [9.17, 15) is 33.8 Å². The quantitative estimate of drug-likeness (QED) is 0.364. The summed E-state index contributed by atoms with van der Waals surface area (Å²) in [4.78, 5) is 52.5. The van der Waals surface area contributed by atoms with Gasteiger partial charge in [0.25, 0.3) is 5.56 Å². The SMILES string of the molecule is COC[C@H](O)Cn1nccc(-c2cc(C(N)=O)c(C)cc2N2C=C(C(=O)O)[C@H](c3ccc(F)cc3)CC2=O)c1=O. The summed E-state index contributed by atoms with van der Waals surface area (Å²) in [7, 11) is 1.40. The number of aliphatic hydroxyl groups excluding tert-OH is 1. The summed E-state index contributed by atoms with van der Waals surface area (Å²) < 4.78 is 19.4. The number of carboxylic acids is 1. The molecule has 0 fully saturated rings. The largest absolute Gasteiger partial charge is 0.478 e. The van der Waals surface area contributed by atoms with Crippen LogP contribution in [0.2, 0.25) is 0 Å². The number of carbonyl (C=O) groups is 3. The minimum absolute atomic E-state index is 0.0378. The van der Waals surface area contributed by atoms with Crippen molar-refractivity contribution in [2.75, 3.05) is 18.6 Å². The van der Waals surface area contributed by atoms with Gasteiger partial charge in [-0.3, -0.25) is 19.3 Å². The predicted molar refractivity (Wildman–Crippen MR) is 142 cm³/mol. The second kappa shape index (κ2) is 11.6. The van der Waals surface area contributed by atoms with E-state index in [0.29, 0.717) is 11.1 Å². The highest BCUT2D eigenvalue weighted by Crippen LogP contribution is 2.39. The van der Waals surface area contributed by atoms with Gasteiger partial charge in [0, 0.05) is 43.0 Å². The lowest BCUT2D eigenvalue weighted by Gasteiger charge is -2.31. The molecule has 11 nitrogen and oxygen atoms in total. The molecule has 1 aromatic heterocycles. The van der Waals surface area contributed by atoms with E-state index in [1.807, 2.05) is 0 Å². The summed E-state index contributed by atoms with van der Waals surface area (Å²) in [5.74, 6) is -3.87. The Morgan fingerprint density at radius 3 is 2.50 bits per heavy atom. The summed E-state index contributed by atoms with van der Waals surface area (Å²) in [6.45, 7) is 1.37. The molecule has 0 unspecified atom stereocenters. The lowest BCUT2D eigenvalue weighted by atomic mass is 9.85. The number of nitrogens with two attached hydrogens (primary N) is 1. The van der Waals surface area contributed by atoms with Crippen molar-refractivity contribution in [1.82, 2.24) is 9.78 Å². The predicted octanol–water partition coefficient (Wildman–Crippen LogP) is 1.95. The molecule has 2 amide bonds. The summed E-state index contributed by atoms with van der Waals surface area (Å²) in [5, 5.41) is 24.1. The number of primary amides is 1. The molecule has 40 heavy (non-hydrogen) atoms. The van der Waals surface area contributed by atoms with Gasteiger partial charge in [0.15, 0.2) is 0 Å². The number of methoxy groups -OCH3 is 1. The van der Waals surface area contributed by atoms with Crippen molar-refractivity contribution in [3.63, 3.8) is 0 Å². The molecule has 0 bridgehead atoms. The Morgan fingerprint density at radius 2 is 1.88 bits per heavy atom. The van der Waals surface area contributed by atoms with Crippen LogP contribution in [0, 0.1) is 12.7 Å². The molecule has 2 heterocycles. The smallest absolute Gasteiger partial charge is 0.333 e. The van der Waals surface area contributed by atoms with Gasteiger partial charge in [-0.25, -0.2) is 13.9 Å². The van der Waals surface area contributed by atoms with Crippen LogP contribution < -0.4 is 16.2 Å². The number of carbonyl (C=O) groups excluding carboxylic acids is 2. The monoisotopic (exact) mass is 550 g/mol. The van der Waals surface area contributed by atoms with E-state index < -0.39 is 41.2 Å². The van der Waals surface area contributed by atoms with Gasteiger partial charge in [-0.05, 0) is 48.4 Å². The second-order valence-corrected chi connectivity index (χ2v) is 9.35. The number of aliphatic carboxylic acids is 1. The number of aliphatic hydroxyl groups is 1. The minimum atomic E-state index is -1.28. The topological polar surface area (TPSA) is 165 Å². The van der Waals surface area contributed by atoms with E-state index in [1.165, 1.54) is 62.0 Å². The average Bonchev–Trinajstić information content (AvgIpc) is 2.90. The Kier molecular flexibility index (Phi) is 8.21. The first-order chi connectivity index (χ1) is 19.0. The minimum Gasteiger partial charge on any atom is -0.478 e. The molecule has 1 aliphatic rings. The van der Waals surface area contributed by atoms with Gasteiger partial charge in [-0.15, -0.1) is 0 Å².